The average Bonchev–Trinajstić information content (AvgIpc) is 2.63. The number of Topliss-reactive ketones (excluding diaryl/α,β-unsaturated/α-hetero) is 1. The van der Waals surface area contributed by atoms with E-state index in [0.29, 0.717) is 0 Å². The van der Waals surface area contributed by atoms with Crippen LogP contribution in [-0.4, -0.2) is 47.6 Å². The van der Waals surface area contributed by atoms with Gasteiger partial charge in [0.05, 0.1) is 6.42 Å². The number of alkyl halides is 1. The number of nitrogens with one attached hydrogen (secondary N) is 2. The normalized spacial score (nSPS) is 12.7. The molecule has 8 nitrogen and oxygen atoms in total. The number of hydrogen-bond donors (Lipinski definition) is 3. The molecular weight excluding hydrogens is 359 g/mol. The first-order valence-electron chi connectivity index (χ1n) is 8.32. The zero-order valence-electron chi connectivity index (χ0n) is 15.1. The molecule has 0 spiro atoms. The lowest BCUT2D eigenvalue weighted by molar-refractivity contribution is -0.140. The van der Waals surface area contributed by atoms with Gasteiger partial charge >= 0.3 is 12.1 Å². The summed E-state index contributed by atoms with van der Waals surface area (Å²) in [6.07, 6.45) is -1.60. The Morgan fingerprint density at radius 1 is 1.11 bits per heavy atom. The van der Waals surface area contributed by atoms with Gasteiger partial charge in [-0.25, -0.2) is 9.18 Å². The number of hydrogen-bond acceptors (Lipinski definition) is 5. The molecule has 1 rings (SSSR count). The van der Waals surface area contributed by atoms with Crippen molar-refractivity contribution < 1.29 is 33.4 Å². The molecule has 2 atom stereocenters. The van der Waals surface area contributed by atoms with Gasteiger partial charge in [-0.05, 0) is 11.5 Å². The molecule has 0 aliphatic rings. The van der Waals surface area contributed by atoms with Crippen LogP contribution in [0, 0.1) is 5.92 Å². The third-order valence-corrected chi connectivity index (χ3v) is 3.65. The Bertz CT molecular complexity index is 665. The number of carbonyl (C=O) groups excluding carboxylic acids is 3. The molecule has 1 aromatic carbocycles. The van der Waals surface area contributed by atoms with Crippen LogP contribution in [0.4, 0.5) is 9.18 Å². The Morgan fingerprint density at radius 3 is 2.26 bits per heavy atom. The lowest BCUT2D eigenvalue weighted by Crippen LogP contribution is -2.54. The fraction of sp³-hybridized carbons (Fsp3) is 0.444. The van der Waals surface area contributed by atoms with Crippen LogP contribution >= 0.6 is 0 Å². The van der Waals surface area contributed by atoms with Crippen LogP contribution in [0.5, 0.6) is 0 Å². The third-order valence-electron chi connectivity index (χ3n) is 3.65. The van der Waals surface area contributed by atoms with Gasteiger partial charge in [-0.15, -0.1) is 0 Å². The summed E-state index contributed by atoms with van der Waals surface area (Å²) in [6, 6.07) is 6.31. The fourth-order valence-corrected chi connectivity index (χ4v) is 2.20. The number of amides is 2. The monoisotopic (exact) mass is 382 g/mol. The summed E-state index contributed by atoms with van der Waals surface area (Å²) in [5, 5.41) is 13.4. The Hall–Kier alpha value is -2.97. The van der Waals surface area contributed by atoms with Gasteiger partial charge in [-0.3, -0.25) is 14.4 Å². The van der Waals surface area contributed by atoms with E-state index in [-0.39, 0.29) is 12.5 Å². The van der Waals surface area contributed by atoms with Crippen LogP contribution in [0.15, 0.2) is 30.3 Å². The maximum absolute atomic E-state index is 12.6. The number of carboxylic acids is 1. The van der Waals surface area contributed by atoms with Crippen LogP contribution in [0.3, 0.4) is 0 Å². The van der Waals surface area contributed by atoms with Crippen LogP contribution in [-0.2, 0) is 25.7 Å². The highest BCUT2D eigenvalue weighted by Crippen LogP contribution is 2.06. The lowest BCUT2D eigenvalue weighted by Gasteiger charge is -2.24. The van der Waals surface area contributed by atoms with Crippen LogP contribution < -0.4 is 10.6 Å². The van der Waals surface area contributed by atoms with Crippen molar-refractivity contribution in [1.29, 1.82) is 0 Å². The van der Waals surface area contributed by atoms with Crippen molar-refractivity contribution in [3.63, 3.8) is 0 Å². The van der Waals surface area contributed by atoms with Crippen molar-refractivity contribution >= 4 is 23.8 Å². The number of aliphatic carboxylic acids is 1. The Balaban J connectivity index is 2.69. The van der Waals surface area contributed by atoms with Gasteiger partial charge in [-0.1, -0.05) is 44.2 Å². The Morgan fingerprint density at radius 2 is 1.74 bits per heavy atom. The maximum Gasteiger partial charge on any atom is 0.408 e. The molecule has 0 saturated heterocycles. The molecule has 0 bridgehead atoms. The Kier molecular flexibility index (Phi) is 8.91. The summed E-state index contributed by atoms with van der Waals surface area (Å²) < 4.78 is 17.6. The predicted octanol–water partition coefficient (Wildman–Crippen LogP) is 1.44. The van der Waals surface area contributed by atoms with Crippen molar-refractivity contribution in [1.82, 2.24) is 10.6 Å². The third kappa shape index (κ3) is 7.85. The molecule has 0 aliphatic heterocycles. The van der Waals surface area contributed by atoms with Gasteiger partial charge < -0.3 is 20.5 Å². The smallest absolute Gasteiger partial charge is 0.408 e. The number of carboxylic acid groups (broad SMARTS) is 1. The van der Waals surface area contributed by atoms with E-state index in [9.17, 15) is 23.6 Å². The first-order valence-corrected chi connectivity index (χ1v) is 8.32. The van der Waals surface area contributed by atoms with Gasteiger partial charge in [0.1, 0.15) is 25.4 Å². The molecular formula is C18H23FN2O6. The summed E-state index contributed by atoms with van der Waals surface area (Å²) in [4.78, 5) is 46.6. The second kappa shape index (κ2) is 10.9. The number of rotatable bonds is 10. The van der Waals surface area contributed by atoms with Crippen LogP contribution in [0.2, 0.25) is 0 Å². The summed E-state index contributed by atoms with van der Waals surface area (Å²) >= 11 is 0. The quantitative estimate of drug-likeness (QED) is 0.563. The molecule has 0 aliphatic carbocycles. The molecule has 0 aromatic heterocycles. The molecule has 0 unspecified atom stereocenters. The highest BCUT2D eigenvalue weighted by Gasteiger charge is 2.30. The zero-order chi connectivity index (χ0) is 20.4. The molecule has 3 N–H and O–H groups in total. The van der Waals surface area contributed by atoms with Crippen molar-refractivity contribution in [2.75, 3.05) is 6.67 Å². The topological polar surface area (TPSA) is 122 Å². The largest absolute Gasteiger partial charge is 0.481 e. The molecule has 0 heterocycles. The molecule has 0 radical (unpaired) electrons. The van der Waals surface area contributed by atoms with E-state index in [1.807, 2.05) is 6.07 Å². The van der Waals surface area contributed by atoms with Crippen LogP contribution in [0.25, 0.3) is 0 Å². The second-order valence-electron chi connectivity index (χ2n) is 6.19. The number of carbonyl (C=O) groups is 4. The molecule has 0 saturated carbocycles. The van der Waals surface area contributed by atoms with Crippen molar-refractivity contribution in [2.24, 2.45) is 5.92 Å². The summed E-state index contributed by atoms with van der Waals surface area (Å²) in [5.41, 5.74) is 0.758. The number of benzene rings is 1. The fourth-order valence-electron chi connectivity index (χ4n) is 2.20. The summed E-state index contributed by atoms with van der Waals surface area (Å²) in [6.45, 7) is 1.88. The zero-order valence-corrected chi connectivity index (χ0v) is 15.1. The molecule has 1 aromatic rings. The standard InChI is InChI=1S/C18H23FN2O6/c1-11(2)16(17(25)20-13(8-15(23)24)14(22)9-19)21-18(26)27-10-12-6-4-3-5-7-12/h3-7,11,13,16H,8-10H2,1-2H3,(H,20,25)(H,21,26)(H,23,24)/t13-,16+/m1/s1. The first kappa shape index (κ1) is 22.1. The number of ketones is 1. The molecule has 2 amide bonds. The number of ether oxygens (including phenoxy) is 1. The second-order valence-corrected chi connectivity index (χ2v) is 6.19. The van der Waals surface area contributed by atoms with Gasteiger partial charge in [0.2, 0.25) is 5.91 Å². The van der Waals surface area contributed by atoms with E-state index >= 15 is 0 Å². The highest BCUT2D eigenvalue weighted by molar-refractivity contribution is 5.94. The van der Waals surface area contributed by atoms with E-state index in [0.717, 1.165) is 5.56 Å². The van der Waals surface area contributed by atoms with E-state index < -0.39 is 48.9 Å². The highest BCUT2D eigenvalue weighted by atomic mass is 19.1. The van der Waals surface area contributed by atoms with Gasteiger partial charge in [0.15, 0.2) is 5.78 Å². The lowest BCUT2D eigenvalue weighted by atomic mass is 10.0. The summed E-state index contributed by atoms with van der Waals surface area (Å²) in [5.74, 6) is -3.60. The molecule has 0 fully saturated rings. The molecule has 27 heavy (non-hydrogen) atoms. The van der Waals surface area contributed by atoms with E-state index in [2.05, 4.69) is 10.6 Å². The van der Waals surface area contributed by atoms with Gasteiger partial charge in [0.25, 0.3) is 0 Å². The number of alkyl carbamates (subject to hydrolysis) is 1. The van der Waals surface area contributed by atoms with E-state index in [1.54, 1.807) is 38.1 Å². The summed E-state index contributed by atoms with van der Waals surface area (Å²) in [7, 11) is 0. The van der Waals surface area contributed by atoms with Crippen molar-refractivity contribution in [2.45, 2.75) is 39.0 Å². The van der Waals surface area contributed by atoms with E-state index in [1.165, 1.54) is 0 Å². The van der Waals surface area contributed by atoms with Gasteiger partial charge in [-0.2, -0.15) is 0 Å². The number of halogens is 1. The SMILES string of the molecule is CC(C)[C@H](NC(=O)OCc1ccccc1)C(=O)N[C@H](CC(=O)O)C(=O)CF. The average molecular weight is 382 g/mol. The maximum atomic E-state index is 12.6. The minimum absolute atomic E-state index is 0.00108. The Labute approximate surface area is 156 Å². The predicted molar refractivity (Wildman–Crippen MR) is 93.6 cm³/mol. The molecule has 9 heteroatoms. The van der Waals surface area contributed by atoms with E-state index in [4.69, 9.17) is 9.84 Å². The van der Waals surface area contributed by atoms with Crippen molar-refractivity contribution in [3.05, 3.63) is 35.9 Å². The van der Waals surface area contributed by atoms with Crippen LogP contribution in [0.1, 0.15) is 25.8 Å². The molecule has 148 valence electrons. The minimum atomic E-state index is -1.51. The first-order chi connectivity index (χ1) is 12.7. The van der Waals surface area contributed by atoms with Crippen molar-refractivity contribution in [3.8, 4) is 0 Å². The van der Waals surface area contributed by atoms with Gasteiger partial charge in [0, 0.05) is 0 Å². The minimum Gasteiger partial charge on any atom is -0.481 e.